The average molecular weight is 530 g/mol. The number of alkyl carbamates (subject to hydrolysis) is 1. The van der Waals surface area contributed by atoms with Crippen molar-refractivity contribution >= 4 is 50.0 Å². The van der Waals surface area contributed by atoms with E-state index in [9.17, 15) is 22.8 Å². The molecule has 2 aromatic carbocycles. The van der Waals surface area contributed by atoms with Crippen LogP contribution in [0.15, 0.2) is 53.4 Å². The number of amides is 3. The number of anilines is 2. The molecule has 3 aromatic rings. The van der Waals surface area contributed by atoms with Gasteiger partial charge < -0.3 is 14.8 Å². The molecule has 0 bridgehead atoms. The van der Waals surface area contributed by atoms with Gasteiger partial charge in [-0.1, -0.05) is 6.07 Å². The second-order valence-electron chi connectivity index (χ2n) is 7.82. The lowest BCUT2D eigenvalue weighted by molar-refractivity contribution is 0.0937. The van der Waals surface area contributed by atoms with Crippen molar-refractivity contribution in [1.82, 2.24) is 5.32 Å². The first-order valence-corrected chi connectivity index (χ1v) is 13.1. The third kappa shape index (κ3) is 5.34. The highest BCUT2D eigenvalue weighted by Gasteiger charge is 2.28. The zero-order valence-corrected chi connectivity index (χ0v) is 21.0. The number of thiophene rings is 1. The number of nitrogens with one attached hydrogen (secondary N) is 3. The van der Waals surface area contributed by atoms with E-state index >= 15 is 0 Å². The molecule has 0 atom stereocenters. The van der Waals surface area contributed by atoms with Crippen LogP contribution >= 0.6 is 11.3 Å². The molecule has 36 heavy (non-hydrogen) atoms. The molecule has 4 rings (SSSR count). The second-order valence-corrected chi connectivity index (χ2v) is 10.6. The number of aryl methyl sites for hydroxylation is 1. The van der Waals surface area contributed by atoms with Crippen molar-refractivity contribution in [2.24, 2.45) is 0 Å². The molecule has 3 N–H and O–H groups in total. The number of carbonyl (C=O) groups is 3. The molecular weight excluding hydrogens is 506 g/mol. The summed E-state index contributed by atoms with van der Waals surface area (Å²) < 4.78 is 37.5. The number of sulfonamides is 1. The van der Waals surface area contributed by atoms with E-state index in [0.29, 0.717) is 17.2 Å². The van der Waals surface area contributed by atoms with E-state index in [4.69, 9.17) is 4.74 Å². The predicted octanol–water partition coefficient (Wildman–Crippen LogP) is 3.79. The highest BCUT2D eigenvalue weighted by atomic mass is 32.2. The fourth-order valence-corrected chi connectivity index (χ4v) is 6.14. The van der Waals surface area contributed by atoms with Crippen LogP contribution in [0.25, 0.3) is 0 Å². The van der Waals surface area contributed by atoms with Crippen LogP contribution in [0.1, 0.15) is 37.6 Å². The molecule has 1 aliphatic rings. The molecule has 0 unspecified atom stereocenters. The smallest absolute Gasteiger partial charge is 0.413 e. The maximum absolute atomic E-state index is 13.0. The van der Waals surface area contributed by atoms with Crippen molar-refractivity contribution in [3.8, 4) is 5.75 Å². The standard InChI is InChI=1S/C24H23N3O7S2/c1-33-16-9-11-17(12-10-16)36(31,32)27-15-6-3-5-14(13-15)21(28)25-23-20(22(29)26-24(30)34-2)18-7-4-8-19(18)35-23/h3,5-6,9-13,27H,4,7-8H2,1-2H3,(H,25,28)(H,26,29,30). The minimum Gasteiger partial charge on any atom is -0.497 e. The van der Waals surface area contributed by atoms with Crippen LogP contribution in [0.2, 0.25) is 0 Å². The van der Waals surface area contributed by atoms with Crippen LogP contribution in [0.4, 0.5) is 15.5 Å². The lowest BCUT2D eigenvalue weighted by Gasteiger charge is -2.11. The number of hydrogen-bond acceptors (Lipinski definition) is 8. The molecule has 10 nitrogen and oxygen atoms in total. The zero-order valence-electron chi connectivity index (χ0n) is 19.4. The number of ether oxygens (including phenoxy) is 2. The largest absolute Gasteiger partial charge is 0.497 e. The van der Waals surface area contributed by atoms with E-state index < -0.39 is 27.9 Å². The zero-order chi connectivity index (χ0) is 25.9. The van der Waals surface area contributed by atoms with Crippen molar-refractivity contribution in [3.05, 3.63) is 70.1 Å². The minimum atomic E-state index is -3.90. The topological polar surface area (TPSA) is 140 Å². The van der Waals surface area contributed by atoms with Gasteiger partial charge in [0.25, 0.3) is 21.8 Å². The van der Waals surface area contributed by atoms with Crippen molar-refractivity contribution in [3.63, 3.8) is 0 Å². The third-order valence-electron chi connectivity index (χ3n) is 5.52. The van der Waals surface area contributed by atoms with Crippen LogP contribution in [0.3, 0.4) is 0 Å². The van der Waals surface area contributed by atoms with Crippen molar-refractivity contribution in [2.75, 3.05) is 24.3 Å². The molecule has 0 saturated carbocycles. The van der Waals surface area contributed by atoms with Gasteiger partial charge in [0, 0.05) is 16.1 Å². The third-order valence-corrected chi connectivity index (χ3v) is 8.13. The first kappa shape index (κ1) is 25.2. The number of fused-ring (bicyclic) bond motifs is 1. The molecule has 1 heterocycles. The molecule has 0 fully saturated rings. The summed E-state index contributed by atoms with van der Waals surface area (Å²) in [6.07, 6.45) is 1.42. The number of imide groups is 1. The molecule has 1 aliphatic carbocycles. The van der Waals surface area contributed by atoms with E-state index in [0.717, 1.165) is 30.4 Å². The van der Waals surface area contributed by atoms with Gasteiger partial charge in [0.1, 0.15) is 10.8 Å². The lowest BCUT2D eigenvalue weighted by Crippen LogP contribution is -2.31. The summed E-state index contributed by atoms with van der Waals surface area (Å²) in [4.78, 5) is 38.3. The van der Waals surface area contributed by atoms with Crippen molar-refractivity contribution < 1.29 is 32.3 Å². The molecular formula is C24H23N3O7S2. The van der Waals surface area contributed by atoms with E-state index in [1.54, 1.807) is 6.07 Å². The summed E-state index contributed by atoms with van der Waals surface area (Å²) in [5.41, 5.74) is 1.41. The highest BCUT2D eigenvalue weighted by molar-refractivity contribution is 7.92. The Balaban J connectivity index is 1.54. The Hall–Kier alpha value is -3.90. The van der Waals surface area contributed by atoms with Crippen LogP contribution < -0.4 is 20.1 Å². The van der Waals surface area contributed by atoms with E-state index in [-0.39, 0.29) is 21.7 Å². The van der Waals surface area contributed by atoms with Gasteiger partial charge in [-0.15, -0.1) is 11.3 Å². The molecule has 1 aromatic heterocycles. The molecule has 0 aliphatic heterocycles. The Morgan fingerprint density at radius 1 is 0.972 bits per heavy atom. The Labute approximate surface area is 211 Å². The monoisotopic (exact) mass is 529 g/mol. The van der Waals surface area contributed by atoms with Crippen molar-refractivity contribution in [1.29, 1.82) is 0 Å². The Morgan fingerprint density at radius 3 is 2.42 bits per heavy atom. The summed E-state index contributed by atoms with van der Waals surface area (Å²) in [7, 11) is -1.27. The summed E-state index contributed by atoms with van der Waals surface area (Å²) in [5.74, 6) is -0.670. The van der Waals surface area contributed by atoms with Crippen molar-refractivity contribution in [2.45, 2.75) is 24.2 Å². The predicted molar refractivity (Wildman–Crippen MR) is 134 cm³/mol. The first-order valence-electron chi connectivity index (χ1n) is 10.8. The first-order chi connectivity index (χ1) is 17.2. The summed E-state index contributed by atoms with van der Waals surface area (Å²) in [5, 5.41) is 5.20. The summed E-state index contributed by atoms with van der Waals surface area (Å²) >= 11 is 1.28. The molecule has 0 saturated heterocycles. The van der Waals surface area contributed by atoms with E-state index in [2.05, 4.69) is 20.1 Å². The molecule has 3 amide bonds. The van der Waals surface area contributed by atoms with E-state index in [1.807, 2.05) is 0 Å². The molecule has 188 valence electrons. The summed E-state index contributed by atoms with van der Waals surface area (Å²) in [6, 6.07) is 11.9. The number of methoxy groups -OCH3 is 2. The number of rotatable bonds is 7. The molecule has 0 radical (unpaired) electrons. The van der Waals surface area contributed by atoms with Gasteiger partial charge in [-0.2, -0.15) is 0 Å². The number of carbonyl (C=O) groups excluding carboxylic acids is 3. The van der Waals surface area contributed by atoms with Gasteiger partial charge in [-0.25, -0.2) is 13.2 Å². The van der Waals surface area contributed by atoms with Gasteiger partial charge in [-0.05, 0) is 67.3 Å². The second kappa shape index (κ2) is 10.4. The Morgan fingerprint density at radius 2 is 1.72 bits per heavy atom. The van der Waals surface area contributed by atoms with Crippen LogP contribution in [-0.4, -0.2) is 40.5 Å². The fraction of sp³-hybridized carbons (Fsp3) is 0.208. The highest BCUT2D eigenvalue weighted by Crippen LogP contribution is 2.39. The van der Waals surface area contributed by atoms with E-state index in [1.165, 1.54) is 60.9 Å². The summed E-state index contributed by atoms with van der Waals surface area (Å²) in [6.45, 7) is 0. The molecule has 0 spiro atoms. The van der Waals surface area contributed by atoms with Gasteiger partial charge in [-0.3, -0.25) is 19.6 Å². The number of hydrogen-bond donors (Lipinski definition) is 3. The lowest BCUT2D eigenvalue weighted by atomic mass is 10.1. The van der Waals surface area contributed by atoms with Gasteiger partial charge >= 0.3 is 6.09 Å². The fourth-order valence-electron chi connectivity index (χ4n) is 3.81. The Kier molecular flexibility index (Phi) is 7.27. The number of benzene rings is 2. The van der Waals surface area contributed by atoms with Crippen LogP contribution in [0.5, 0.6) is 5.75 Å². The molecule has 12 heteroatoms. The quantitative estimate of drug-likeness (QED) is 0.423. The Bertz CT molecular complexity index is 1430. The maximum Gasteiger partial charge on any atom is 0.413 e. The average Bonchev–Trinajstić information content (AvgIpc) is 3.44. The SMILES string of the molecule is COC(=O)NC(=O)c1c(NC(=O)c2cccc(NS(=O)(=O)c3ccc(OC)cc3)c2)sc2c1CCC2. The minimum absolute atomic E-state index is 0.0347. The van der Waals surface area contributed by atoms with Gasteiger partial charge in [0.15, 0.2) is 0 Å². The van der Waals surface area contributed by atoms with Crippen LogP contribution in [-0.2, 0) is 27.6 Å². The normalized spacial score (nSPS) is 12.4. The maximum atomic E-state index is 13.0. The van der Waals surface area contributed by atoms with Gasteiger partial charge in [0.05, 0.1) is 24.7 Å². The van der Waals surface area contributed by atoms with Crippen LogP contribution in [0, 0.1) is 0 Å². The van der Waals surface area contributed by atoms with Gasteiger partial charge in [0.2, 0.25) is 0 Å².